The molecule has 2 aromatic heterocycles. The minimum absolute atomic E-state index is 0.0248. The number of aromatic amines is 1. The molecule has 2 aromatic carbocycles. The number of rotatable bonds is 6. The molecule has 0 amide bonds. The normalized spacial score (nSPS) is 12.1. The molecule has 0 atom stereocenters. The number of benzene rings is 2. The molecule has 0 saturated heterocycles. The van der Waals surface area contributed by atoms with Gasteiger partial charge in [-0.15, -0.1) is 10.2 Å². The van der Waals surface area contributed by atoms with Crippen LogP contribution in [0.15, 0.2) is 63.9 Å². The fraction of sp³-hybridized carbons (Fsp3) is 0.143. The SMILES string of the molecule is COC(=O)C(=C(O)CSc1nnc(-c2ccc(C)cc2)o1)c1nc2ccccc2[nH]1. The Labute approximate surface area is 176 Å². The molecular weight excluding hydrogens is 404 g/mol. The first-order valence-corrected chi connectivity index (χ1v) is 10.0. The maximum atomic E-state index is 12.3. The summed E-state index contributed by atoms with van der Waals surface area (Å²) >= 11 is 1.11. The number of H-pyrrole nitrogens is 1. The number of hydrogen-bond acceptors (Lipinski definition) is 8. The Bertz CT molecular complexity index is 1190. The quantitative estimate of drug-likeness (QED) is 0.206. The molecule has 0 radical (unpaired) electrons. The van der Waals surface area contributed by atoms with Gasteiger partial charge in [0.05, 0.1) is 23.9 Å². The van der Waals surface area contributed by atoms with Crippen LogP contribution in [-0.4, -0.2) is 44.1 Å². The number of methoxy groups -OCH3 is 1. The lowest BCUT2D eigenvalue weighted by Gasteiger charge is -2.06. The number of carbonyl (C=O) groups excluding carboxylic acids is 1. The van der Waals surface area contributed by atoms with Crippen LogP contribution in [0, 0.1) is 6.92 Å². The molecule has 0 aliphatic carbocycles. The number of para-hydroxylation sites is 2. The molecule has 8 nitrogen and oxygen atoms in total. The first-order valence-electron chi connectivity index (χ1n) is 9.04. The number of nitrogens with one attached hydrogen (secondary N) is 1. The molecule has 30 heavy (non-hydrogen) atoms. The molecule has 9 heteroatoms. The van der Waals surface area contributed by atoms with Crippen LogP contribution in [0.4, 0.5) is 0 Å². The van der Waals surface area contributed by atoms with Crippen molar-refractivity contribution in [1.82, 2.24) is 20.2 Å². The molecule has 4 rings (SSSR count). The van der Waals surface area contributed by atoms with E-state index in [0.29, 0.717) is 11.4 Å². The number of hydrogen-bond donors (Lipinski definition) is 2. The number of imidazole rings is 1. The smallest absolute Gasteiger partial charge is 0.345 e. The maximum absolute atomic E-state index is 12.3. The van der Waals surface area contributed by atoms with Crippen LogP contribution in [-0.2, 0) is 9.53 Å². The van der Waals surface area contributed by atoms with E-state index in [0.717, 1.165) is 28.4 Å². The summed E-state index contributed by atoms with van der Waals surface area (Å²) in [4.78, 5) is 19.7. The standard InChI is InChI=1S/C21H18N4O4S/c1-12-7-9-13(10-8-12)19-24-25-21(29-19)30-11-16(26)17(20(27)28-2)18-22-14-5-3-4-6-15(14)23-18/h3-10,26H,11H2,1-2H3,(H,22,23). The van der Waals surface area contributed by atoms with E-state index in [9.17, 15) is 9.90 Å². The molecule has 152 valence electrons. The van der Waals surface area contributed by atoms with Crippen LogP contribution >= 0.6 is 11.8 Å². The second-order valence-electron chi connectivity index (χ2n) is 6.44. The van der Waals surface area contributed by atoms with E-state index in [1.165, 1.54) is 7.11 Å². The zero-order chi connectivity index (χ0) is 21.1. The second-order valence-corrected chi connectivity index (χ2v) is 7.37. The van der Waals surface area contributed by atoms with Gasteiger partial charge in [-0.3, -0.25) is 0 Å². The van der Waals surface area contributed by atoms with Gasteiger partial charge in [0.25, 0.3) is 5.22 Å². The summed E-state index contributed by atoms with van der Waals surface area (Å²) in [5, 5.41) is 18.9. The van der Waals surface area contributed by atoms with Crippen molar-refractivity contribution in [2.75, 3.05) is 12.9 Å². The number of ether oxygens (including phenoxy) is 1. The Morgan fingerprint density at radius 1 is 1.17 bits per heavy atom. The zero-order valence-corrected chi connectivity index (χ0v) is 17.1. The number of nitrogens with zero attached hydrogens (tertiary/aromatic N) is 3. The summed E-state index contributed by atoms with van der Waals surface area (Å²) in [7, 11) is 1.25. The molecule has 0 aliphatic rings. The third-order valence-electron chi connectivity index (χ3n) is 4.34. The number of aliphatic hydroxyl groups excluding tert-OH is 1. The van der Waals surface area contributed by atoms with Crippen LogP contribution in [0.25, 0.3) is 28.1 Å². The number of aliphatic hydroxyl groups is 1. The summed E-state index contributed by atoms with van der Waals surface area (Å²) in [6, 6.07) is 15.0. The largest absolute Gasteiger partial charge is 0.510 e. The highest BCUT2D eigenvalue weighted by atomic mass is 32.2. The molecule has 0 unspecified atom stereocenters. The van der Waals surface area contributed by atoms with Crippen molar-refractivity contribution in [2.45, 2.75) is 12.1 Å². The number of esters is 1. The van der Waals surface area contributed by atoms with E-state index in [4.69, 9.17) is 9.15 Å². The Morgan fingerprint density at radius 2 is 1.93 bits per heavy atom. The minimum atomic E-state index is -0.696. The van der Waals surface area contributed by atoms with Gasteiger partial charge in [0.1, 0.15) is 17.2 Å². The summed E-state index contributed by atoms with van der Waals surface area (Å²) in [6.45, 7) is 1.99. The highest BCUT2D eigenvalue weighted by Gasteiger charge is 2.23. The lowest BCUT2D eigenvalue weighted by atomic mass is 10.1. The fourth-order valence-corrected chi connectivity index (χ4v) is 3.45. The van der Waals surface area contributed by atoms with Crippen LogP contribution < -0.4 is 0 Å². The maximum Gasteiger partial charge on any atom is 0.345 e. The van der Waals surface area contributed by atoms with Gasteiger partial charge in [0.2, 0.25) is 5.89 Å². The van der Waals surface area contributed by atoms with Crippen molar-refractivity contribution >= 4 is 34.3 Å². The van der Waals surface area contributed by atoms with E-state index < -0.39 is 5.97 Å². The van der Waals surface area contributed by atoms with Crippen molar-refractivity contribution < 1.29 is 19.1 Å². The van der Waals surface area contributed by atoms with Gasteiger partial charge >= 0.3 is 5.97 Å². The first-order chi connectivity index (χ1) is 14.5. The predicted octanol–water partition coefficient (Wildman–Crippen LogP) is 4.16. The van der Waals surface area contributed by atoms with Gasteiger partial charge in [0.15, 0.2) is 0 Å². The van der Waals surface area contributed by atoms with Gasteiger partial charge in [-0.2, -0.15) is 0 Å². The average molecular weight is 422 g/mol. The number of carbonyl (C=O) groups is 1. The highest BCUT2D eigenvalue weighted by molar-refractivity contribution is 7.99. The molecule has 0 bridgehead atoms. The Kier molecular flexibility index (Phi) is 5.53. The Hall–Kier alpha value is -3.59. The Morgan fingerprint density at radius 3 is 2.67 bits per heavy atom. The molecule has 2 heterocycles. The molecule has 0 aliphatic heterocycles. The molecule has 0 spiro atoms. The van der Waals surface area contributed by atoms with Crippen LogP contribution in [0.2, 0.25) is 0 Å². The van der Waals surface area contributed by atoms with Gasteiger partial charge in [-0.25, -0.2) is 9.78 Å². The Balaban J connectivity index is 1.57. The average Bonchev–Trinajstić information content (AvgIpc) is 3.39. The van der Waals surface area contributed by atoms with Gasteiger partial charge < -0.3 is 19.2 Å². The van der Waals surface area contributed by atoms with E-state index >= 15 is 0 Å². The third-order valence-corrected chi connectivity index (χ3v) is 5.17. The zero-order valence-electron chi connectivity index (χ0n) is 16.2. The van der Waals surface area contributed by atoms with Crippen LogP contribution in [0.1, 0.15) is 11.4 Å². The van der Waals surface area contributed by atoms with Gasteiger partial charge in [0, 0.05) is 5.56 Å². The third kappa shape index (κ3) is 4.06. The molecule has 0 fully saturated rings. The topological polar surface area (TPSA) is 114 Å². The van der Waals surface area contributed by atoms with Crippen LogP contribution in [0.5, 0.6) is 0 Å². The summed E-state index contributed by atoms with van der Waals surface area (Å²) < 4.78 is 10.5. The van der Waals surface area contributed by atoms with Crippen molar-refractivity contribution in [3.05, 3.63) is 65.7 Å². The first kappa shape index (κ1) is 19.7. The monoisotopic (exact) mass is 422 g/mol. The molecular formula is C21H18N4O4S. The highest BCUT2D eigenvalue weighted by Crippen LogP contribution is 2.27. The predicted molar refractivity (Wildman–Crippen MR) is 113 cm³/mol. The molecule has 4 aromatic rings. The number of fused-ring (bicyclic) bond motifs is 1. The van der Waals surface area contributed by atoms with E-state index in [1.807, 2.05) is 49.4 Å². The van der Waals surface area contributed by atoms with Gasteiger partial charge in [-0.05, 0) is 31.2 Å². The lowest BCUT2D eigenvalue weighted by molar-refractivity contribution is -0.133. The van der Waals surface area contributed by atoms with Crippen LogP contribution in [0.3, 0.4) is 0 Å². The van der Waals surface area contributed by atoms with Gasteiger partial charge in [-0.1, -0.05) is 41.6 Å². The number of aromatic nitrogens is 4. The summed E-state index contributed by atoms with van der Waals surface area (Å²) in [5.41, 5.74) is 3.31. The summed E-state index contributed by atoms with van der Waals surface area (Å²) in [6.07, 6.45) is 0. The fourth-order valence-electron chi connectivity index (χ4n) is 2.81. The van der Waals surface area contributed by atoms with E-state index in [2.05, 4.69) is 20.2 Å². The van der Waals surface area contributed by atoms with Crippen molar-refractivity contribution in [3.63, 3.8) is 0 Å². The second kappa shape index (κ2) is 8.42. The number of aryl methyl sites for hydroxylation is 1. The van der Waals surface area contributed by atoms with Crippen molar-refractivity contribution in [3.8, 4) is 11.5 Å². The van der Waals surface area contributed by atoms with Crippen molar-refractivity contribution in [2.24, 2.45) is 0 Å². The van der Waals surface area contributed by atoms with E-state index in [1.54, 1.807) is 6.07 Å². The molecule has 0 saturated carbocycles. The lowest BCUT2D eigenvalue weighted by Crippen LogP contribution is -2.09. The van der Waals surface area contributed by atoms with Crippen molar-refractivity contribution in [1.29, 1.82) is 0 Å². The minimum Gasteiger partial charge on any atom is -0.510 e. The van der Waals surface area contributed by atoms with E-state index in [-0.39, 0.29) is 28.1 Å². The number of thioether (sulfide) groups is 1. The summed E-state index contributed by atoms with van der Waals surface area (Å²) in [5.74, 6) is -0.269. The molecule has 2 N–H and O–H groups in total.